The van der Waals surface area contributed by atoms with Gasteiger partial charge < -0.3 is 5.32 Å². The molecule has 0 amide bonds. The fourth-order valence-electron chi connectivity index (χ4n) is 4.01. The number of rotatable bonds is 18. The summed E-state index contributed by atoms with van der Waals surface area (Å²) < 4.78 is 0. The number of fused-ring (bicyclic) bond motifs is 1. The van der Waals surface area contributed by atoms with Gasteiger partial charge in [-0.15, -0.1) is 0 Å². The molecule has 0 atom stereocenters. The highest BCUT2D eigenvalue weighted by atomic mass is 14.9. The number of unbranched alkanes of at least 4 members (excludes halogenated alkanes) is 13. The molecule has 0 aliphatic carbocycles. The van der Waals surface area contributed by atoms with Gasteiger partial charge in [0.05, 0.1) is 16.7 Å². The summed E-state index contributed by atoms with van der Waals surface area (Å²) in [6.45, 7) is 5.55. The fraction of sp³-hybridized carbons (Fsp3) is 0.704. The largest absolute Gasteiger partial charge is 0.385 e. The van der Waals surface area contributed by atoms with E-state index in [-0.39, 0.29) is 0 Å². The van der Waals surface area contributed by atoms with Gasteiger partial charge in [-0.05, 0) is 37.5 Å². The summed E-state index contributed by atoms with van der Waals surface area (Å²) in [5, 5.41) is 3.57. The maximum atomic E-state index is 4.79. The van der Waals surface area contributed by atoms with Crippen molar-refractivity contribution in [1.29, 1.82) is 0 Å². The standard InChI is InChI=1S/C27H45N3/c1-3-5-7-8-9-10-11-12-13-14-15-16-17-21-28-24-19-20-26-27(22-24)30-25(23-29-26)18-6-4-2/h19-20,22-23,28H,3-18,21H2,1-2H3. The molecule has 0 radical (unpaired) electrons. The zero-order chi connectivity index (χ0) is 21.3. The van der Waals surface area contributed by atoms with Gasteiger partial charge in [0.25, 0.3) is 0 Å². The zero-order valence-corrected chi connectivity index (χ0v) is 19.7. The lowest BCUT2D eigenvalue weighted by atomic mass is 10.0. The molecule has 0 saturated carbocycles. The molecule has 0 fully saturated rings. The maximum absolute atomic E-state index is 4.79. The third-order valence-electron chi connectivity index (χ3n) is 5.99. The molecule has 1 aromatic heterocycles. The first-order chi connectivity index (χ1) is 14.8. The van der Waals surface area contributed by atoms with Crippen LogP contribution in [0, 0.1) is 0 Å². The first-order valence-corrected chi connectivity index (χ1v) is 12.8. The molecule has 2 rings (SSSR count). The van der Waals surface area contributed by atoms with Gasteiger partial charge in [-0.2, -0.15) is 0 Å². The summed E-state index contributed by atoms with van der Waals surface area (Å²) in [4.78, 5) is 9.35. The van der Waals surface area contributed by atoms with Crippen molar-refractivity contribution in [2.75, 3.05) is 11.9 Å². The first-order valence-electron chi connectivity index (χ1n) is 12.8. The van der Waals surface area contributed by atoms with Gasteiger partial charge in [-0.3, -0.25) is 4.98 Å². The molecule has 0 unspecified atom stereocenters. The van der Waals surface area contributed by atoms with Crippen molar-refractivity contribution < 1.29 is 0 Å². The summed E-state index contributed by atoms with van der Waals surface area (Å²) in [5.41, 5.74) is 4.28. The Bertz CT molecular complexity index is 683. The predicted octanol–water partition coefficient (Wildman–Crippen LogP) is 8.48. The van der Waals surface area contributed by atoms with E-state index in [1.165, 1.54) is 102 Å². The number of aromatic nitrogens is 2. The number of hydrogen-bond donors (Lipinski definition) is 1. The number of aryl methyl sites for hydroxylation is 1. The van der Waals surface area contributed by atoms with Crippen molar-refractivity contribution in [1.82, 2.24) is 9.97 Å². The number of anilines is 1. The van der Waals surface area contributed by atoms with Crippen LogP contribution in [-0.4, -0.2) is 16.5 Å². The molecule has 0 aliphatic rings. The first kappa shape index (κ1) is 24.6. The van der Waals surface area contributed by atoms with E-state index in [9.17, 15) is 0 Å². The molecule has 3 nitrogen and oxygen atoms in total. The Morgan fingerprint density at radius 1 is 0.667 bits per heavy atom. The second kappa shape index (κ2) is 16.1. The van der Waals surface area contributed by atoms with Gasteiger partial charge in [-0.25, -0.2) is 4.98 Å². The van der Waals surface area contributed by atoms with E-state index < -0.39 is 0 Å². The Morgan fingerprint density at radius 3 is 1.90 bits per heavy atom. The third kappa shape index (κ3) is 10.4. The second-order valence-corrected chi connectivity index (χ2v) is 8.84. The third-order valence-corrected chi connectivity index (χ3v) is 5.99. The predicted molar refractivity (Wildman–Crippen MR) is 132 cm³/mol. The van der Waals surface area contributed by atoms with Crippen LogP contribution >= 0.6 is 0 Å². The lowest BCUT2D eigenvalue weighted by Crippen LogP contribution is -2.02. The van der Waals surface area contributed by atoms with E-state index >= 15 is 0 Å². The van der Waals surface area contributed by atoms with Crippen LogP contribution in [0.15, 0.2) is 24.4 Å². The Morgan fingerprint density at radius 2 is 1.27 bits per heavy atom. The molecule has 1 N–H and O–H groups in total. The molecule has 2 aromatic rings. The summed E-state index contributed by atoms with van der Waals surface area (Å²) >= 11 is 0. The minimum atomic E-state index is 0.988. The molecule has 0 saturated heterocycles. The minimum absolute atomic E-state index is 0.988. The van der Waals surface area contributed by atoms with Crippen molar-refractivity contribution in [3.8, 4) is 0 Å². The van der Waals surface area contributed by atoms with Crippen LogP contribution in [0.25, 0.3) is 11.0 Å². The van der Waals surface area contributed by atoms with Gasteiger partial charge in [0.1, 0.15) is 0 Å². The normalized spacial score (nSPS) is 11.3. The SMILES string of the molecule is CCCCCCCCCCCCCCCNc1ccc2ncc(CCCC)nc2c1. The molecule has 1 heterocycles. The summed E-state index contributed by atoms with van der Waals surface area (Å²) in [6, 6.07) is 6.36. The second-order valence-electron chi connectivity index (χ2n) is 8.84. The summed E-state index contributed by atoms with van der Waals surface area (Å²) in [5.74, 6) is 0. The van der Waals surface area contributed by atoms with Crippen LogP contribution in [-0.2, 0) is 6.42 Å². The number of benzene rings is 1. The Kier molecular flexibility index (Phi) is 13.2. The highest BCUT2D eigenvalue weighted by molar-refractivity contribution is 5.78. The lowest BCUT2D eigenvalue weighted by Gasteiger charge is -2.08. The molecule has 168 valence electrons. The molecule has 1 aromatic carbocycles. The van der Waals surface area contributed by atoms with Crippen LogP contribution in [0.2, 0.25) is 0 Å². The van der Waals surface area contributed by atoms with Crippen LogP contribution in [0.1, 0.15) is 116 Å². The monoisotopic (exact) mass is 411 g/mol. The van der Waals surface area contributed by atoms with E-state index in [1.54, 1.807) is 0 Å². The average Bonchev–Trinajstić information content (AvgIpc) is 2.77. The van der Waals surface area contributed by atoms with Gasteiger partial charge in [-0.1, -0.05) is 97.3 Å². The van der Waals surface area contributed by atoms with Gasteiger partial charge in [0.15, 0.2) is 0 Å². The summed E-state index contributed by atoms with van der Waals surface area (Å²) in [6.07, 6.45) is 23.6. The molecule has 0 bridgehead atoms. The molecule has 3 heteroatoms. The van der Waals surface area contributed by atoms with Gasteiger partial charge in [0.2, 0.25) is 0 Å². The average molecular weight is 412 g/mol. The van der Waals surface area contributed by atoms with Crippen molar-refractivity contribution in [2.24, 2.45) is 0 Å². The van der Waals surface area contributed by atoms with E-state index in [0.29, 0.717) is 0 Å². The van der Waals surface area contributed by atoms with E-state index in [4.69, 9.17) is 4.98 Å². The maximum Gasteiger partial charge on any atom is 0.0910 e. The smallest absolute Gasteiger partial charge is 0.0910 e. The molecular formula is C27H45N3. The van der Waals surface area contributed by atoms with E-state index in [1.807, 2.05) is 6.20 Å². The molecule has 0 aliphatic heterocycles. The number of nitrogens with zero attached hydrogens (tertiary/aromatic N) is 2. The fourth-order valence-corrected chi connectivity index (χ4v) is 4.01. The summed E-state index contributed by atoms with van der Waals surface area (Å²) in [7, 11) is 0. The van der Waals surface area contributed by atoms with Crippen LogP contribution in [0.3, 0.4) is 0 Å². The van der Waals surface area contributed by atoms with E-state index in [2.05, 4.69) is 42.3 Å². The zero-order valence-electron chi connectivity index (χ0n) is 19.7. The van der Waals surface area contributed by atoms with Crippen LogP contribution in [0.4, 0.5) is 5.69 Å². The lowest BCUT2D eigenvalue weighted by molar-refractivity contribution is 0.541. The Hall–Kier alpha value is -1.64. The topological polar surface area (TPSA) is 37.8 Å². The van der Waals surface area contributed by atoms with Crippen molar-refractivity contribution in [2.45, 2.75) is 117 Å². The van der Waals surface area contributed by atoms with Crippen molar-refractivity contribution in [3.05, 3.63) is 30.1 Å². The number of hydrogen-bond acceptors (Lipinski definition) is 3. The molecular weight excluding hydrogens is 366 g/mol. The Labute approximate surface area is 185 Å². The van der Waals surface area contributed by atoms with Gasteiger partial charge >= 0.3 is 0 Å². The minimum Gasteiger partial charge on any atom is -0.385 e. The highest BCUT2D eigenvalue weighted by Crippen LogP contribution is 2.17. The quantitative estimate of drug-likeness (QED) is 0.250. The van der Waals surface area contributed by atoms with Crippen LogP contribution < -0.4 is 5.32 Å². The van der Waals surface area contributed by atoms with Gasteiger partial charge in [0, 0.05) is 18.4 Å². The Balaban J connectivity index is 1.51. The van der Waals surface area contributed by atoms with Crippen LogP contribution in [0.5, 0.6) is 0 Å². The number of nitrogens with one attached hydrogen (secondary N) is 1. The highest BCUT2D eigenvalue weighted by Gasteiger charge is 2.02. The van der Waals surface area contributed by atoms with E-state index in [0.717, 1.165) is 29.7 Å². The molecule has 30 heavy (non-hydrogen) atoms. The van der Waals surface area contributed by atoms with Crippen molar-refractivity contribution in [3.63, 3.8) is 0 Å². The van der Waals surface area contributed by atoms with Crippen molar-refractivity contribution >= 4 is 16.7 Å². The molecule has 0 spiro atoms.